The first-order valence-corrected chi connectivity index (χ1v) is 8.67. The predicted octanol–water partition coefficient (Wildman–Crippen LogP) is 1.78. The van der Waals surface area contributed by atoms with Crippen LogP contribution in [0, 0.1) is 11.8 Å². The Morgan fingerprint density at radius 3 is 2.63 bits per heavy atom. The van der Waals surface area contributed by atoms with Gasteiger partial charge in [-0.2, -0.15) is 18.3 Å². The fourth-order valence-corrected chi connectivity index (χ4v) is 4.13. The highest BCUT2D eigenvalue weighted by Crippen LogP contribution is 2.41. The summed E-state index contributed by atoms with van der Waals surface area (Å²) in [6.45, 7) is 0.835. The minimum atomic E-state index is -4.52. The maximum absolute atomic E-state index is 12.9. The molecule has 7 nitrogen and oxygen atoms in total. The molecule has 1 saturated heterocycles. The zero-order valence-corrected chi connectivity index (χ0v) is 14.3. The van der Waals surface area contributed by atoms with Crippen molar-refractivity contribution in [3.05, 3.63) is 42.2 Å². The van der Waals surface area contributed by atoms with Crippen molar-refractivity contribution in [1.82, 2.24) is 24.6 Å². The standard InChI is InChI=1S/C17H18F3N5O2/c18-17(19,20)12-1-2-22-13(5-12)16(27)24-6-10-3-14(25-9-21-8-23-25)15(26)4-11(10)7-24/h1-2,5,8-11,14-15,26H,3-4,6-7H2/t10-,11+,14-,15-/m1/s1. The van der Waals surface area contributed by atoms with Crippen LogP contribution in [0.25, 0.3) is 0 Å². The first-order chi connectivity index (χ1) is 12.8. The number of rotatable bonds is 2. The molecular weight excluding hydrogens is 363 g/mol. The first-order valence-electron chi connectivity index (χ1n) is 8.67. The molecule has 1 saturated carbocycles. The molecular formula is C17H18F3N5O2. The molecule has 1 aliphatic heterocycles. The molecule has 0 unspecified atom stereocenters. The third kappa shape index (κ3) is 3.41. The van der Waals surface area contributed by atoms with Gasteiger partial charge in [0, 0.05) is 19.3 Å². The zero-order chi connectivity index (χ0) is 19.2. The van der Waals surface area contributed by atoms with Gasteiger partial charge >= 0.3 is 6.18 Å². The Kier molecular flexibility index (Phi) is 4.37. The van der Waals surface area contributed by atoms with E-state index in [1.165, 1.54) is 11.2 Å². The molecule has 0 spiro atoms. The van der Waals surface area contributed by atoms with E-state index in [4.69, 9.17) is 0 Å². The molecule has 1 amide bonds. The van der Waals surface area contributed by atoms with Crippen LogP contribution < -0.4 is 0 Å². The zero-order valence-electron chi connectivity index (χ0n) is 14.3. The van der Waals surface area contributed by atoms with Crippen molar-refractivity contribution in [2.45, 2.75) is 31.2 Å². The van der Waals surface area contributed by atoms with Crippen molar-refractivity contribution >= 4 is 5.91 Å². The lowest BCUT2D eigenvalue weighted by atomic mass is 9.77. The predicted molar refractivity (Wildman–Crippen MR) is 86.4 cm³/mol. The fourth-order valence-electron chi connectivity index (χ4n) is 4.13. The second-order valence-electron chi connectivity index (χ2n) is 7.14. The molecule has 2 fully saturated rings. The molecule has 4 rings (SSSR count). The third-order valence-electron chi connectivity index (χ3n) is 5.48. The van der Waals surface area contributed by atoms with Gasteiger partial charge in [-0.05, 0) is 36.8 Å². The van der Waals surface area contributed by atoms with E-state index in [1.54, 1.807) is 11.0 Å². The number of hydrogen-bond donors (Lipinski definition) is 1. The van der Waals surface area contributed by atoms with E-state index in [2.05, 4.69) is 15.1 Å². The summed E-state index contributed by atoms with van der Waals surface area (Å²) in [5, 5.41) is 14.5. The summed E-state index contributed by atoms with van der Waals surface area (Å²) in [7, 11) is 0. The normalized spacial score (nSPS) is 28.2. The number of nitrogens with zero attached hydrogens (tertiary/aromatic N) is 5. The van der Waals surface area contributed by atoms with Crippen LogP contribution in [0.2, 0.25) is 0 Å². The number of amides is 1. The van der Waals surface area contributed by atoms with Crippen LogP contribution in [0.3, 0.4) is 0 Å². The Morgan fingerprint density at radius 2 is 1.96 bits per heavy atom. The van der Waals surface area contributed by atoms with E-state index in [0.717, 1.165) is 18.3 Å². The number of halogens is 3. The molecule has 0 bridgehead atoms. The van der Waals surface area contributed by atoms with Crippen molar-refractivity contribution in [1.29, 1.82) is 0 Å². The minimum Gasteiger partial charge on any atom is -0.391 e. The number of carbonyl (C=O) groups is 1. The van der Waals surface area contributed by atoms with Gasteiger partial charge in [-0.3, -0.25) is 9.78 Å². The maximum atomic E-state index is 12.9. The average molecular weight is 381 g/mol. The SMILES string of the molecule is O=C(c1cc(C(F)(F)F)ccn1)N1C[C@H]2C[C@@H](n3cncn3)[C@H](O)C[C@H]2C1. The molecule has 144 valence electrons. The molecule has 1 aliphatic carbocycles. The Hall–Kier alpha value is -2.49. The molecule has 10 heteroatoms. The van der Waals surface area contributed by atoms with Gasteiger partial charge in [0.25, 0.3) is 5.91 Å². The first kappa shape index (κ1) is 17.9. The largest absolute Gasteiger partial charge is 0.416 e. The second-order valence-corrected chi connectivity index (χ2v) is 7.14. The van der Waals surface area contributed by atoms with Crippen molar-refractivity contribution in [3.63, 3.8) is 0 Å². The number of hydrogen-bond acceptors (Lipinski definition) is 5. The molecule has 0 radical (unpaired) electrons. The molecule has 3 heterocycles. The van der Waals surface area contributed by atoms with E-state index in [1.807, 2.05) is 0 Å². The molecule has 2 aromatic rings. The highest BCUT2D eigenvalue weighted by molar-refractivity contribution is 5.92. The van der Waals surface area contributed by atoms with Crippen molar-refractivity contribution in [3.8, 4) is 0 Å². The van der Waals surface area contributed by atoms with E-state index < -0.39 is 23.8 Å². The Bertz CT molecular complexity index is 826. The highest BCUT2D eigenvalue weighted by atomic mass is 19.4. The summed E-state index contributed by atoms with van der Waals surface area (Å²) >= 11 is 0. The monoisotopic (exact) mass is 381 g/mol. The summed E-state index contributed by atoms with van der Waals surface area (Å²) in [6, 6.07) is 1.42. The van der Waals surface area contributed by atoms with Crippen molar-refractivity contribution < 1.29 is 23.1 Å². The van der Waals surface area contributed by atoms with Gasteiger partial charge in [0.1, 0.15) is 18.3 Å². The molecule has 4 atom stereocenters. The van der Waals surface area contributed by atoms with Gasteiger partial charge in [-0.15, -0.1) is 0 Å². The Balaban J connectivity index is 1.49. The summed E-state index contributed by atoms with van der Waals surface area (Å²) in [5.74, 6) is -0.255. The quantitative estimate of drug-likeness (QED) is 0.857. The molecule has 2 aromatic heterocycles. The van der Waals surface area contributed by atoms with Gasteiger partial charge < -0.3 is 10.0 Å². The van der Waals surface area contributed by atoms with Crippen LogP contribution in [-0.2, 0) is 6.18 Å². The fraction of sp³-hybridized carbons (Fsp3) is 0.529. The van der Waals surface area contributed by atoms with Gasteiger partial charge in [0.15, 0.2) is 0 Å². The topological polar surface area (TPSA) is 84.1 Å². The minimum absolute atomic E-state index is 0.106. The van der Waals surface area contributed by atoms with Gasteiger partial charge in [0.2, 0.25) is 0 Å². The van der Waals surface area contributed by atoms with E-state index in [0.29, 0.717) is 25.9 Å². The average Bonchev–Trinajstić information content (AvgIpc) is 3.29. The third-order valence-corrected chi connectivity index (χ3v) is 5.48. The van der Waals surface area contributed by atoms with Crippen LogP contribution in [0.5, 0.6) is 0 Å². The number of aliphatic hydroxyl groups excluding tert-OH is 1. The van der Waals surface area contributed by atoms with Gasteiger partial charge in [0.05, 0.1) is 17.7 Å². The molecule has 1 N–H and O–H groups in total. The van der Waals surface area contributed by atoms with E-state index in [-0.39, 0.29) is 23.6 Å². The van der Waals surface area contributed by atoms with Gasteiger partial charge in [-0.25, -0.2) is 9.67 Å². The second kappa shape index (κ2) is 6.59. The van der Waals surface area contributed by atoms with Crippen LogP contribution in [0.15, 0.2) is 31.0 Å². The molecule has 27 heavy (non-hydrogen) atoms. The number of likely N-dealkylation sites (tertiary alicyclic amines) is 1. The van der Waals surface area contributed by atoms with E-state index in [9.17, 15) is 23.1 Å². The van der Waals surface area contributed by atoms with Crippen LogP contribution in [-0.4, -0.2) is 54.9 Å². The highest BCUT2D eigenvalue weighted by Gasteiger charge is 2.44. The maximum Gasteiger partial charge on any atom is 0.416 e. The van der Waals surface area contributed by atoms with Crippen LogP contribution >= 0.6 is 0 Å². The Morgan fingerprint density at radius 1 is 1.22 bits per heavy atom. The number of fused-ring (bicyclic) bond motifs is 1. The number of pyridine rings is 1. The Labute approximate surface area is 152 Å². The smallest absolute Gasteiger partial charge is 0.391 e. The number of aliphatic hydroxyl groups is 1. The number of alkyl halides is 3. The lowest BCUT2D eigenvalue weighted by Gasteiger charge is -2.34. The number of carbonyl (C=O) groups excluding carboxylic acids is 1. The summed E-state index contributed by atoms with van der Waals surface area (Å²) in [6.07, 6.45) is -0.0178. The van der Waals surface area contributed by atoms with Crippen molar-refractivity contribution in [2.75, 3.05) is 13.1 Å². The summed E-state index contributed by atoms with van der Waals surface area (Å²) in [5.41, 5.74) is -1.10. The molecule has 2 aliphatic rings. The van der Waals surface area contributed by atoms with Crippen LogP contribution in [0.1, 0.15) is 34.9 Å². The van der Waals surface area contributed by atoms with Crippen molar-refractivity contribution in [2.24, 2.45) is 11.8 Å². The lowest BCUT2D eigenvalue weighted by Crippen LogP contribution is -2.36. The summed E-state index contributed by atoms with van der Waals surface area (Å²) < 4.78 is 40.3. The van der Waals surface area contributed by atoms with E-state index >= 15 is 0 Å². The number of aromatic nitrogens is 4. The van der Waals surface area contributed by atoms with Gasteiger partial charge in [-0.1, -0.05) is 0 Å². The van der Waals surface area contributed by atoms with Crippen LogP contribution in [0.4, 0.5) is 13.2 Å². The molecule has 0 aromatic carbocycles. The lowest BCUT2D eigenvalue weighted by molar-refractivity contribution is -0.137. The summed E-state index contributed by atoms with van der Waals surface area (Å²) in [4.78, 5) is 21.9.